The van der Waals surface area contributed by atoms with E-state index in [0.717, 1.165) is 57.5 Å². The quantitative estimate of drug-likeness (QED) is 0.394. The van der Waals surface area contributed by atoms with Crippen LogP contribution in [0.25, 0.3) is 27.4 Å². The number of fused-ring (bicyclic) bond motifs is 1. The van der Waals surface area contributed by atoms with Gasteiger partial charge in [-0.05, 0) is 43.5 Å². The minimum Gasteiger partial charge on any atom is -0.353 e. The lowest BCUT2D eigenvalue weighted by Gasteiger charge is -2.33. The van der Waals surface area contributed by atoms with Crippen LogP contribution in [0, 0.1) is 3.95 Å². The summed E-state index contributed by atoms with van der Waals surface area (Å²) in [5.41, 5.74) is 2.66. The first-order valence-electron chi connectivity index (χ1n) is 9.79. The van der Waals surface area contributed by atoms with E-state index in [1.807, 2.05) is 47.0 Å². The maximum Gasteiger partial charge on any atom is 0.168 e. The molecule has 1 fully saturated rings. The van der Waals surface area contributed by atoms with Gasteiger partial charge in [0.2, 0.25) is 0 Å². The molecule has 4 aromatic rings. The van der Waals surface area contributed by atoms with Crippen LogP contribution in [0.15, 0.2) is 54.6 Å². The van der Waals surface area contributed by atoms with Gasteiger partial charge in [0, 0.05) is 37.4 Å². The fourth-order valence-electron chi connectivity index (χ4n) is 3.69. The average molecular weight is 454 g/mol. The summed E-state index contributed by atoms with van der Waals surface area (Å²) in [6.45, 7) is 3.83. The van der Waals surface area contributed by atoms with Crippen molar-refractivity contribution in [2.24, 2.45) is 0 Å². The lowest BCUT2D eigenvalue weighted by molar-refractivity contribution is 0.312. The predicted octanol–water partition coefficient (Wildman–Crippen LogP) is 5.28. The third-order valence-corrected chi connectivity index (χ3v) is 7.03. The Morgan fingerprint density at radius 2 is 1.63 bits per heavy atom. The summed E-state index contributed by atoms with van der Waals surface area (Å²) in [4.78, 5) is 14.6. The first kappa shape index (κ1) is 19.6. The number of likely N-dealkylation sites (N-methyl/N-ethyl adjacent to an activating group) is 1. The Morgan fingerprint density at radius 1 is 0.933 bits per heavy atom. The van der Waals surface area contributed by atoms with E-state index in [1.165, 1.54) is 0 Å². The number of para-hydroxylation sites is 1. The van der Waals surface area contributed by atoms with Gasteiger partial charge in [0.15, 0.2) is 21.2 Å². The SMILES string of the molecule is CN1CCN(c2nc(-c3ccccc3Cl)nc3c2sc(=S)n3-c2ccccc2)CC1. The third-order valence-electron chi connectivity index (χ3n) is 5.35. The maximum absolute atomic E-state index is 6.50. The number of thiazole rings is 1. The van der Waals surface area contributed by atoms with Crippen LogP contribution in [0.4, 0.5) is 5.82 Å². The summed E-state index contributed by atoms with van der Waals surface area (Å²) in [6.07, 6.45) is 0. The van der Waals surface area contributed by atoms with Crippen LogP contribution in [0.1, 0.15) is 0 Å². The van der Waals surface area contributed by atoms with Gasteiger partial charge in [-0.1, -0.05) is 53.3 Å². The second kappa shape index (κ2) is 8.07. The monoisotopic (exact) mass is 453 g/mol. The average Bonchev–Trinajstić information content (AvgIpc) is 3.10. The highest BCUT2D eigenvalue weighted by molar-refractivity contribution is 7.73. The highest BCUT2D eigenvalue weighted by atomic mass is 35.5. The topological polar surface area (TPSA) is 37.2 Å². The summed E-state index contributed by atoms with van der Waals surface area (Å²) in [7, 11) is 2.15. The smallest absolute Gasteiger partial charge is 0.168 e. The number of nitrogens with zero attached hydrogens (tertiary/aromatic N) is 5. The van der Waals surface area contributed by atoms with E-state index < -0.39 is 0 Å². The van der Waals surface area contributed by atoms with Crippen LogP contribution in [0.2, 0.25) is 5.02 Å². The first-order chi connectivity index (χ1) is 14.6. The molecule has 3 heterocycles. The fraction of sp³-hybridized carbons (Fsp3) is 0.227. The molecule has 0 amide bonds. The molecule has 1 aliphatic rings. The van der Waals surface area contributed by atoms with Crippen molar-refractivity contribution >= 4 is 51.3 Å². The largest absolute Gasteiger partial charge is 0.353 e. The highest BCUT2D eigenvalue weighted by Crippen LogP contribution is 2.36. The van der Waals surface area contributed by atoms with Gasteiger partial charge in [0.25, 0.3) is 0 Å². The van der Waals surface area contributed by atoms with Crippen LogP contribution < -0.4 is 4.90 Å². The molecule has 1 saturated heterocycles. The van der Waals surface area contributed by atoms with E-state index in [-0.39, 0.29) is 0 Å². The number of anilines is 1. The summed E-state index contributed by atoms with van der Waals surface area (Å²) < 4.78 is 3.82. The summed E-state index contributed by atoms with van der Waals surface area (Å²) in [5.74, 6) is 1.56. The van der Waals surface area contributed by atoms with Crippen molar-refractivity contribution in [3.8, 4) is 17.1 Å². The molecule has 8 heteroatoms. The molecule has 0 bridgehead atoms. The highest BCUT2D eigenvalue weighted by Gasteiger charge is 2.23. The van der Waals surface area contributed by atoms with E-state index in [1.54, 1.807) is 11.3 Å². The zero-order chi connectivity index (χ0) is 20.7. The standard InChI is InChI=1S/C22H20ClN5S2/c1-26-11-13-27(14-12-26)20-18-21(25-19(24-20)16-9-5-6-10-17(16)23)28(22(29)30-18)15-7-3-2-4-8-15/h2-10H,11-14H2,1H3. The van der Waals surface area contributed by atoms with E-state index in [0.29, 0.717) is 10.8 Å². The van der Waals surface area contributed by atoms with Crippen molar-refractivity contribution in [1.29, 1.82) is 0 Å². The van der Waals surface area contributed by atoms with Gasteiger partial charge in [-0.25, -0.2) is 9.97 Å². The molecule has 1 aliphatic heterocycles. The molecule has 0 saturated carbocycles. The molecule has 152 valence electrons. The molecule has 0 N–H and O–H groups in total. The van der Waals surface area contributed by atoms with Crippen LogP contribution in [0.5, 0.6) is 0 Å². The Hall–Kier alpha value is -2.32. The van der Waals surface area contributed by atoms with Gasteiger partial charge >= 0.3 is 0 Å². The van der Waals surface area contributed by atoms with Crippen LogP contribution in [-0.4, -0.2) is 52.7 Å². The molecule has 0 aliphatic carbocycles. The normalized spacial score (nSPS) is 15.1. The molecule has 0 spiro atoms. The van der Waals surface area contributed by atoms with Crippen molar-refractivity contribution in [1.82, 2.24) is 19.4 Å². The number of rotatable bonds is 3. The molecule has 5 rings (SSSR count). The van der Waals surface area contributed by atoms with Crippen molar-refractivity contribution in [2.75, 3.05) is 38.1 Å². The van der Waals surface area contributed by atoms with Crippen LogP contribution in [-0.2, 0) is 0 Å². The summed E-state index contributed by atoms with van der Waals surface area (Å²) in [6, 6.07) is 17.8. The van der Waals surface area contributed by atoms with Gasteiger partial charge in [-0.3, -0.25) is 4.57 Å². The first-order valence-corrected chi connectivity index (χ1v) is 11.4. The predicted molar refractivity (Wildman–Crippen MR) is 128 cm³/mol. The maximum atomic E-state index is 6.50. The van der Waals surface area contributed by atoms with Crippen molar-refractivity contribution in [3.63, 3.8) is 0 Å². The Morgan fingerprint density at radius 3 is 2.37 bits per heavy atom. The minimum atomic E-state index is 0.625. The molecule has 2 aromatic carbocycles. The molecule has 5 nitrogen and oxygen atoms in total. The lowest BCUT2D eigenvalue weighted by Crippen LogP contribution is -2.44. The van der Waals surface area contributed by atoms with Crippen LogP contribution in [0.3, 0.4) is 0 Å². The third kappa shape index (κ3) is 3.52. The lowest BCUT2D eigenvalue weighted by atomic mass is 10.2. The number of benzene rings is 2. The number of hydrogen-bond acceptors (Lipinski definition) is 6. The molecular weight excluding hydrogens is 434 g/mol. The van der Waals surface area contributed by atoms with E-state index in [9.17, 15) is 0 Å². The van der Waals surface area contributed by atoms with Gasteiger partial charge in [-0.15, -0.1) is 0 Å². The van der Waals surface area contributed by atoms with Crippen molar-refractivity contribution < 1.29 is 0 Å². The number of hydrogen-bond donors (Lipinski definition) is 0. The fourth-order valence-corrected chi connectivity index (χ4v) is 5.30. The molecular formula is C22H20ClN5S2. The van der Waals surface area contributed by atoms with Gasteiger partial charge in [-0.2, -0.15) is 0 Å². The van der Waals surface area contributed by atoms with E-state index in [4.69, 9.17) is 33.8 Å². The molecule has 2 aromatic heterocycles. The van der Waals surface area contributed by atoms with E-state index >= 15 is 0 Å². The molecule has 0 radical (unpaired) electrons. The van der Waals surface area contributed by atoms with E-state index in [2.05, 4.69) is 29.0 Å². The number of piperazine rings is 1. The van der Waals surface area contributed by atoms with Crippen molar-refractivity contribution in [3.05, 3.63) is 63.6 Å². The summed E-state index contributed by atoms with van der Waals surface area (Å²) >= 11 is 13.8. The zero-order valence-corrected chi connectivity index (χ0v) is 18.8. The van der Waals surface area contributed by atoms with Gasteiger partial charge < -0.3 is 9.80 Å². The van der Waals surface area contributed by atoms with Crippen LogP contribution >= 0.6 is 35.2 Å². The second-order valence-corrected chi connectivity index (χ2v) is 9.38. The Labute approximate surface area is 189 Å². The molecule has 30 heavy (non-hydrogen) atoms. The minimum absolute atomic E-state index is 0.625. The number of aromatic nitrogens is 3. The van der Waals surface area contributed by atoms with Crippen molar-refractivity contribution in [2.45, 2.75) is 0 Å². The Kier molecular flexibility index (Phi) is 5.28. The summed E-state index contributed by atoms with van der Waals surface area (Å²) in [5, 5.41) is 0.640. The zero-order valence-electron chi connectivity index (χ0n) is 16.5. The Balaban J connectivity index is 1.78. The van der Waals surface area contributed by atoms with Gasteiger partial charge in [0.1, 0.15) is 4.70 Å². The molecule has 0 atom stereocenters. The second-order valence-electron chi connectivity index (χ2n) is 7.33. The number of halogens is 1. The van der Waals surface area contributed by atoms with Gasteiger partial charge in [0.05, 0.1) is 5.02 Å². The molecule has 0 unspecified atom stereocenters. The Bertz CT molecular complexity index is 1260.